The van der Waals surface area contributed by atoms with Gasteiger partial charge in [-0.2, -0.15) is 12.7 Å². The third-order valence-electron chi connectivity index (χ3n) is 2.72. The zero-order chi connectivity index (χ0) is 15.7. The summed E-state index contributed by atoms with van der Waals surface area (Å²) in [5.41, 5.74) is 0.782. The molecule has 1 aliphatic rings. The molecule has 1 unspecified atom stereocenters. The smallest absolute Gasteiger partial charge is 0.328 e. The Kier molecular flexibility index (Phi) is 4.89. The fourth-order valence-electron chi connectivity index (χ4n) is 1.79. The molecule has 6 nitrogen and oxygen atoms in total. The van der Waals surface area contributed by atoms with Gasteiger partial charge in [-0.3, -0.25) is 0 Å². The Morgan fingerprint density at radius 3 is 2.48 bits per heavy atom. The van der Waals surface area contributed by atoms with Crippen molar-refractivity contribution in [1.82, 2.24) is 9.62 Å². The van der Waals surface area contributed by atoms with Crippen LogP contribution in [0.4, 0.5) is 4.79 Å². The van der Waals surface area contributed by atoms with Crippen molar-refractivity contribution in [3.05, 3.63) is 35.9 Å². The van der Waals surface area contributed by atoms with Crippen molar-refractivity contribution in [2.75, 3.05) is 13.2 Å². The van der Waals surface area contributed by atoms with E-state index in [2.05, 4.69) is 9.50 Å². The normalized spacial score (nSPS) is 19.7. The maximum Gasteiger partial charge on any atom is 0.366 e. The Labute approximate surface area is 137 Å². The van der Waals surface area contributed by atoms with Crippen molar-refractivity contribution >= 4 is 51.1 Å². The van der Waals surface area contributed by atoms with Crippen LogP contribution in [0.5, 0.6) is 0 Å². The van der Waals surface area contributed by atoms with Crippen LogP contribution in [0.1, 0.15) is 11.6 Å². The van der Waals surface area contributed by atoms with Crippen LogP contribution in [0.15, 0.2) is 30.3 Å². The number of urea groups is 1. The molecule has 1 N–H and O–H groups in total. The summed E-state index contributed by atoms with van der Waals surface area (Å²) < 4.78 is 27.1. The van der Waals surface area contributed by atoms with Gasteiger partial charge in [-0.05, 0) is 5.56 Å². The fourth-order valence-corrected chi connectivity index (χ4v) is 3.19. The van der Waals surface area contributed by atoms with E-state index in [1.54, 1.807) is 24.3 Å². The van der Waals surface area contributed by atoms with Crippen molar-refractivity contribution in [1.29, 1.82) is 0 Å². The zero-order valence-corrected chi connectivity index (χ0v) is 13.6. The predicted molar refractivity (Wildman–Crippen MR) is 79.6 cm³/mol. The second kappa shape index (κ2) is 6.18. The highest BCUT2D eigenvalue weighted by Crippen LogP contribution is 2.28. The van der Waals surface area contributed by atoms with Crippen LogP contribution in [-0.2, 0) is 14.5 Å². The summed E-state index contributed by atoms with van der Waals surface area (Å²) in [6, 6.07) is 7.72. The van der Waals surface area contributed by atoms with Crippen molar-refractivity contribution in [3.8, 4) is 0 Å². The van der Waals surface area contributed by atoms with Crippen LogP contribution in [0.25, 0.3) is 0 Å². The molecule has 1 aliphatic heterocycles. The second-order valence-electron chi connectivity index (χ2n) is 4.28. The average molecular weight is 374 g/mol. The molecule has 1 fully saturated rings. The van der Waals surface area contributed by atoms with Crippen LogP contribution in [0.2, 0.25) is 0 Å². The van der Waals surface area contributed by atoms with E-state index >= 15 is 0 Å². The first-order chi connectivity index (χ1) is 9.69. The van der Waals surface area contributed by atoms with Gasteiger partial charge in [-0.25, -0.2) is 8.98 Å². The van der Waals surface area contributed by atoms with Crippen LogP contribution >= 0.6 is 34.8 Å². The Hall–Kier alpha value is -0.730. The molecule has 0 bridgehead atoms. The topological polar surface area (TPSA) is 75.7 Å². The third-order valence-corrected chi connectivity index (χ3v) is 4.31. The van der Waals surface area contributed by atoms with Gasteiger partial charge >= 0.3 is 16.3 Å². The van der Waals surface area contributed by atoms with E-state index in [0.717, 1.165) is 5.56 Å². The lowest BCUT2D eigenvalue weighted by Crippen LogP contribution is -2.36. The lowest BCUT2D eigenvalue weighted by molar-refractivity contribution is 0.227. The highest BCUT2D eigenvalue weighted by atomic mass is 35.6. The Morgan fingerprint density at radius 2 is 1.90 bits per heavy atom. The summed E-state index contributed by atoms with van der Waals surface area (Å²) in [5, 5.41) is 2.55. The van der Waals surface area contributed by atoms with Crippen molar-refractivity contribution in [2.45, 2.75) is 9.83 Å². The molecule has 10 heteroatoms. The van der Waals surface area contributed by atoms with Gasteiger partial charge in [-0.15, -0.1) is 0 Å². The quantitative estimate of drug-likeness (QED) is 0.822. The summed E-state index contributed by atoms with van der Waals surface area (Å²) in [7, 11) is -4.32. The fraction of sp³-hybridized carbons (Fsp3) is 0.364. The van der Waals surface area contributed by atoms with E-state index in [-0.39, 0.29) is 6.54 Å². The second-order valence-corrected chi connectivity index (χ2v) is 8.33. The maximum absolute atomic E-state index is 11.9. The molecule has 1 saturated heterocycles. The Morgan fingerprint density at radius 1 is 1.29 bits per heavy atom. The molecular weight excluding hydrogens is 363 g/mol. The van der Waals surface area contributed by atoms with Gasteiger partial charge in [0.1, 0.15) is 6.61 Å². The zero-order valence-electron chi connectivity index (χ0n) is 10.5. The van der Waals surface area contributed by atoms with Gasteiger partial charge < -0.3 is 5.32 Å². The number of nitrogens with zero attached hydrogens (tertiary/aromatic N) is 1. The van der Waals surface area contributed by atoms with E-state index in [1.807, 2.05) is 6.07 Å². The molecule has 0 saturated carbocycles. The molecule has 1 heterocycles. The number of halogens is 3. The largest absolute Gasteiger partial charge is 0.366 e. The lowest BCUT2D eigenvalue weighted by Gasteiger charge is -2.17. The third kappa shape index (κ3) is 4.37. The SMILES string of the molecule is O=C1NC(c2ccccc2)CN1S(=O)(=O)OCC(Cl)(Cl)Cl. The van der Waals surface area contributed by atoms with Crippen LogP contribution in [0, 0.1) is 0 Å². The minimum absolute atomic E-state index is 0.0922. The molecule has 1 aromatic rings. The number of carbonyl (C=O) groups is 1. The monoisotopic (exact) mass is 372 g/mol. The summed E-state index contributed by atoms with van der Waals surface area (Å²) in [6.45, 7) is -0.773. The first kappa shape index (κ1) is 16.6. The molecular formula is C11H11Cl3N2O4S. The van der Waals surface area contributed by atoms with Crippen molar-refractivity contribution in [3.63, 3.8) is 0 Å². The summed E-state index contributed by atoms with van der Waals surface area (Å²) in [5.74, 6) is 0. The van der Waals surface area contributed by atoms with E-state index in [1.165, 1.54) is 0 Å². The molecule has 1 aromatic carbocycles. The first-order valence-electron chi connectivity index (χ1n) is 5.78. The molecule has 21 heavy (non-hydrogen) atoms. The number of alkyl halides is 3. The van der Waals surface area contributed by atoms with Gasteiger partial charge in [0.05, 0.1) is 12.6 Å². The molecule has 0 aliphatic carbocycles. The lowest BCUT2D eigenvalue weighted by atomic mass is 10.1. The maximum atomic E-state index is 11.9. The van der Waals surface area contributed by atoms with Gasteiger partial charge in [-0.1, -0.05) is 65.1 Å². The molecule has 0 radical (unpaired) electrons. The standard InChI is InChI=1S/C11H11Cl3N2O4S/c12-11(13,14)7-20-21(18,19)16-6-9(15-10(16)17)8-4-2-1-3-5-8/h1-5,9H,6-7H2,(H,15,17). The van der Waals surface area contributed by atoms with Crippen LogP contribution < -0.4 is 5.32 Å². The Bertz CT molecular complexity index is 618. The first-order valence-corrected chi connectivity index (χ1v) is 8.28. The number of rotatable bonds is 4. The van der Waals surface area contributed by atoms with E-state index < -0.39 is 32.8 Å². The molecule has 2 amide bonds. The van der Waals surface area contributed by atoms with E-state index in [9.17, 15) is 13.2 Å². The minimum atomic E-state index is -4.32. The number of benzene rings is 1. The molecule has 0 spiro atoms. The highest BCUT2D eigenvalue weighted by molar-refractivity contribution is 7.84. The number of amides is 2. The summed E-state index contributed by atoms with van der Waals surface area (Å²) in [6.07, 6.45) is 0. The number of carbonyl (C=O) groups excluding carboxylic acids is 1. The predicted octanol–water partition coefficient (Wildman–Crippen LogP) is 2.38. The highest BCUT2D eigenvalue weighted by Gasteiger charge is 2.39. The molecule has 116 valence electrons. The summed E-state index contributed by atoms with van der Waals surface area (Å²) >= 11 is 16.3. The molecule has 2 rings (SSSR count). The van der Waals surface area contributed by atoms with E-state index in [4.69, 9.17) is 34.8 Å². The Balaban J connectivity index is 2.09. The number of hydrogen-bond donors (Lipinski definition) is 1. The average Bonchev–Trinajstić information content (AvgIpc) is 2.80. The van der Waals surface area contributed by atoms with Gasteiger partial charge in [0.2, 0.25) is 3.79 Å². The van der Waals surface area contributed by atoms with E-state index in [0.29, 0.717) is 4.31 Å². The van der Waals surface area contributed by atoms with Gasteiger partial charge in [0.25, 0.3) is 0 Å². The molecule has 0 aromatic heterocycles. The summed E-state index contributed by atoms with van der Waals surface area (Å²) in [4.78, 5) is 11.8. The molecule has 1 atom stereocenters. The van der Waals surface area contributed by atoms with Crippen molar-refractivity contribution < 1.29 is 17.4 Å². The van der Waals surface area contributed by atoms with Crippen molar-refractivity contribution in [2.24, 2.45) is 0 Å². The van der Waals surface area contributed by atoms with Crippen LogP contribution in [-0.4, -0.2) is 35.7 Å². The van der Waals surface area contributed by atoms with Crippen LogP contribution in [0.3, 0.4) is 0 Å². The number of nitrogens with one attached hydrogen (secondary N) is 1. The number of hydrogen-bond acceptors (Lipinski definition) is 4. The van der Waals surface area contributed by atoms with Gasteiger partial charge in [0.15, 0.2) is 0 Å². The van der Waals surface area contributed by atoms with Gasteiger partial charge in [0, 0.05) is 0 Å². The minimum Gasteiger partial charge on any atom is -0.328 e.